The van der Waals surface area contributed by atoms with Crippen LogP contribution in [0.15, 0.2) is 102 Å². The third-order valence-electron chi connectivity index (χ3n) is 5.36. The van der Waals surface area contributed by atoms with E-state index in [-0.39, 0.29) is 0 Å². The molecule has 136 valence electrons. The van der Waals surface area contributed by atoms with Crippen LogP contribution >= 0.6 is 0 Å². The van der Waals surface area contributed by atoms with E-state index in [1.54, 1.807) is 0 Å². The van der Waals surface area contributed by atoms with Crippen molar-refractivity contribution in [3.8, 4) is 22.5 Å². The molecule has 0 N–H and O–H groups in total. The number of furan rings is 1. The molecule has 0 fully saturated rings. The first-order valence-corrected chi connectivity index (χ1v) is 9.59. The van der Waals surface area contributed by atoms with E-state index in [9.17, 15) is 0 Å². The number of benzene rings is 3. The van der Waals surface area contributed by atoms with Crippen molar-refractivity contribution in [1.29, 1.82) is 0 Å². The lowest BCUT2D eigenvalue weighted by Crippen LogP contribution is -1.87. The van der Waals surface area contributed by atoms with E-state index in [1.807, 2.05) is 54.9 Å². The number of hydrogen-bond donors (Lipinski definition) is 0. The Bertz CT molecular complexity index is 1490. The van der Waals surface area contributed by atoms with Crippen LogP contribution in [0.5, 0.6) is 0 Å². The second kappa shape index (κ2) is 6.28. The van der Waals surface area contributed by atoms with Crippen LogP contribution in [0.25, 0.3) is 55.2 Å². The van der Waals surface area contributed by atoms with Gasteiger partial charge in [0, 0.05) is 39.7 Å². The summed E-state index contributed by atoms with van der Waals surface area (Å²) in [5.74, 6) is 0. The molecule has 3 heterocycles. The standard InChI is InChI=1S/C26H16N2O/c1-2-8-19-17(7-1)11-12-20-21-15-18(23-9-3-5-13-27-23)16-22(26(21)29-25(19)20)24-10-4-6-14-28-24/h1-16H. The molecule has 0 saturated heterocycles. The van der Waals surface area contributed by atoms with Gasteiger partial charge in [0.05, 0.1) is 11.4 Å². The fourth-order valence-electron chi connectivity index (χ4n) is 4.00. The molecule has 0 atom stereocenters. The molecule has 0 amide bonds. The van der Waals surface area contributed by atoms with Gasteiger partial charge in [-0.25, -0.2) is 0 Å². The molecule has 3 nitrogen and oxygen atoms in total. The third-order valence-corrected chi connectivity index (χ3v) is 5.36. The Kier molecular flexibility index (Phi) is 3.47. The molecule has 6 aromatic rings. The van der Waals surface area contributed by atoms with Gasteiger partial charge in [0.15, 0.2) is 0 Å². The van der Waals surface area contributed by atoms with Crippen LogP contribution in [0, 0.1) is 0 Å². The smallest absolute Gasteiger partial charge is 0.144 e. The summed E-state index contributed by atoms with van der Waals surface area (Å²) in [6, 6.07) is 28.8. The number of rotatable bonds is 2. The lowest BCUT2D eigenvalue weighted by atomic mass is 9.99. The highest BCUT2D eigenvalue weighted by Gasteiger charge is 2.17. The first-order valence-electron chi connectivity index (χ1n) is 9.59. The molecule has 6 rings (SSSR count). The van der Waals surface area contributed by atoms with Crippen molar-refractivity contribution < 1.29 is 4.42 Å². The maximum Gasteiger partial charge on any atom is 0.144 e. The molecule has 29 heavy (non-hydrogen) atoms. The summed E-state index contributed by atoms with van der Waals surface area (Å²) in [7, 11) is 0. The van der Waals surface area contributed by atoms with Gasteiger partial charge < -0.3 is 4.42 Å². The van der Waals surface area contributed by atoms with Crippen LogP contribution in [0.4, 0.5) is 0 Å². The van der Waals surface area contributed by atoms with Gasteiger partial charge in [0.25, 0.3) is 0 Å². The maximum atomic E-state index is 6.48. The predicted octanol–water partition coefficient (Wildman–Crippen LogP) is 6.86. The number of nitrogens with zero attached hydrogens (tertiary/aromatic N) is 2. The lowest BCUT2D eigenvalue weighted by Gasteiger charge is -2.06. The SMILES string of the molecule is c1ccc(-c2cc(-c3ccccn3)c3oc4c5ccccc5ccc4c3c2)nc1. The van der Waals surface area contributed by atoms with Crippen molar-refractivity contribution in [1.82, 2.24) is 9.97 Å². The van der Waals surface area contributed by atoms with Gasteiger partial charge in [0.1, 0.15) is 11.2 Å². The normalized spacial score (nSPS) is 11.4. The van der Waals surface area contributed by atoms with Gasteiger partial charge >= 0.3 is 0 Å². The molecule has 0 aliphatic carbocycles. The zero-order valence-corrected chi connectivity index (χ0v) is 15.5. The molecule has 0 aliphatic rings. The monoisotopic (exact) mass is 372 g/mol. The molecular formula is C26H16N2O. The van der Waals surface area contributed by atoms with Gasteiger partial charge in [-0.15, -0.1) is 0 Å². The van der Waals surface area contributed by atoms with E-state index in [0.29, 0.717) is 0 Å². The summed E-state index contributed by atoms with van der Waals surface area (Å²) < 4.78 is 6.48. The van der Waals surface area contributed by atoms with E-state index in [4.69, 9.17) is 4.42 Å². The Morgan fingerprint density at radius 3 is 2.10 bits per heavy atom. The zero-order valence-electron chi connectivity index (χ0n) is 15.5. The van der Waals surface area contributed by atoms with Crippen molar-refractivity contribution in [3.63, 3.8) is 0 Å². The minimum atomic E-state index is 0.856. The lowest BCUT2D eigenvalue weighted by molar-refractivity contribution is 0.673. The largest absolute Gasteiger partial charge is 0.455 e. The van der Waals surface area contributed by atoms with Crippen LogP contribution in [0.2, 0.25) is 0 Å². The Balaban J connectivity index is 1.77. The highest BCUT2D eigenvalue weighted by molar-refractivity contribution is 6.17. The molecule has 0 radical (unpaired) electrons. The minimum Gasteiger partial charge on any atom is -0.455 e. The molecule has 3 aromatic carbocycles. The summed E-state index contributed by atoms with van der Waals surface area (Å²) >= 11 is 0. The average Bonchev–Trinajstić information content (AvgIpc) is 3.19. The molecule has 0 aliphatic heterocycles. The van der Waals surface area contributed by atoms with E-state index >= 15 is 0 Å². The zero-order chi connectivity index (χ0) is 19.2. The fourth-order valence-corrected chi connectivity index (χ4v) is 4.00. The van der Waals surface area contributed by atoms with Crippen molar-refractivity contribution in [3.05, 3.63) is 97.3 Å². The second-order valence-corrected chi connectivity index (χ2v) is 7.10. The first-order chi connectivity index (χ1) is 14.4. The molecule has 3 aromatic heterocycles. The Morgan fingerprint density at radius 2 is 1.31 bits per heavy atom. The molecule has 0 saturated carbocycles. The van der Waals surface area contributed by atoms with Crippen LogP contribution in [-0.4, -0.2) is 9.97 Å². The maximum absolute atomic E-state index is 6.48. The van der Waals surface area contributed by atoms with Crippen molar-refractivity contribution in [2.45, 2.75) is 0 Å². The van der Waals surface area contributed by atoms with Crippen LogP contribution in [-0.2, 0) is 0 Å². The van der Waals surface area contributed by atoms with Crippen molar-refractivity contribution in [2.24, 2.45) is 0 Å². The Hall–Kier alpha value is -3.98. The van der Waals surface area contributed by atoms with Crippen LogP contribution < -0.4 is 0 Å². The highest BCUT2D eigenvalue weighted by atomic mass is 16.3. The van der Waals surface area contributed by atoms with Gasteiger partial charge in [0.2, 0.25) is 0 Å². The molecule has 0 bridgehead atoms. The Labute approximate surface area is 167 Å². The first kappa shape index (κ1) is 16.0. The molecule has 3 heteroatoms. The van der Waals surface area contributed by atoms with Crippen molar-refractivity contribution >= 4 is 32.7 Å². The summed E-state index contributed by atoms with van der Waals surface area (Å²) in [6.45, 7) is 0. The predicted molar refractivity (Wildman–Crippen MR) is 118 cm³/mol. The highest BCUT2D eigenvalue weighted by Crippen LogP contribution is 2.40. The summed E-state index contributed by atoms with van der Waals surface area (Å²) in [5.41, 5.74) is 5.61. The number of pyridine rings is 2. The minimum absolute atomic E-state index is 0.856. The fraction of sp³-hybridized carbons (Fsp3) is 0. The number of fused-ring (bicyclic) bond motifs is 5. The van der Waals surface area contributed by atoms with Gasteiger partial charge in [-0.3, -0.25) is 9.97 Å². The van der Waals surface area contributed by atoms with Gasteiger partial charge in [-0.1, -0.05) is 42.5 Å². The quantitative estimate of drug-likeness (QED) is 0.333. The topological polar surface area (TPSA) is 38.9 Å². The Morgan fingerprint density at radius 1 is 0.552 bits per heavy atom. The second-order valence-electron chi connectivity index (χ2n) is 7.10. The summed E-state index contributed by atoms with van der Waals surface area (Å²) in [6.07, 6.45) is 3.63. The van der Waals surface area contributed by atoms with Gasteiger partial charge in [-0.05, 0) is 47.9 Å². The third kappa shape index (κ3) is 2.52. The van der Waals surface area contributed by atoms with Crippen molar-refractivity contribution in [2.75, 3.05) is 0 Å². The van der Waals surface area contributed by atoms with E-state index in [0.717, 1.165) is 49.8 Å². The molecular weight excluding hydrogens is 356 g/mol. The summed E-state index contributed by atoms with van der Waals surface area (Å²) in [5, 5.41) is 4.47. The molecule has 0 spiro atoms. The molecule has 0 unspecified atom stereocenters. The van der Waals surface area contributed by atoms with E-state index in [1.165, 1.54) is 5.39 Å². The van der Waals surface area contributed by atoms with E-state index in [2.05, 4.69) is 52.4 Å². The van der Waals surface area contributed by atoms with Crippen LogP contribution in [0.1, 0.15) is 0 Å². The van der Waals surface area contributed by atoms with E-state index < -0.39 is 0 Å². The van der Waals surface area contributed by atoms with Gasteiger partial charge in [-0.2, -0.15) is 0 Å². The number of aromatic nitrogens is 2. The number of hydrogen-bond acceptors (Lipinski definition) is 3. The summed E-state index contributed by atoms with van der Waals surface area (Å²) in [4.78, 5) is 9.14. The van der Waals surface area contributed by atoms with Crippen LogP contribution in [0.3, 0.4) is 0 Å². The average molecular weight is 372 g/mol.